The number of rotatable bonds is 4. The Morgan fingerprint density at radius 3 is 2.36 bits per heavy atom. The van der Waals surface area contributed by atoms with Crippen LogP contribution >= 0.6 is 0 Å². The Morgan fingerprint density at radius 1 is 0.964 bits per heavy atom. The van der Waals surface area contributed by atoms with Crippen LogP contribution in [0.15, 0.2) is 47.4 Å². The molecule has 0 unspecified atom stereocenters. The van der Waals surface area contributed by atoms with E-state index in [4.69, 9.17) is 4.74 Å². The fraction of sp³-hybridized carbons (Fsp3) is 0.350. The normalized spacial score (nSPS) is 17.1. The average molecular weight is 401 g/mol. The number of sulfonamides is 1. The van der Waals surface area contributed by atoms with Gasteiger partial charge in [0.25, 0.3) is 10.0 Å². The molecule has 0 radical (unpaired) electrons. The summed E-state index contributed by atoms with van der Waals surface area (Å²) in [5.41, 5.74) is 2.19. The maximum absolute atomic E-state index is 13.3. The summed E-state index contributed by atoms with van der Waals surface area (Å²) in [4.78, 5) is 15.8. The fourth-order valence-electron chi connectivity index (χ4n) is 3.72. The minimum Gasteiger partial charge on any atom is -0.497 e. The summed E-state index contributed by atoms with van der Waals surface area (Å²) in [6.45, 7) is 1.63. The summed E-state index contributed by atoms with van der Waals surface area (Å²) in [5, 5.41) is 0. The molecule has 0 aliphatic carbocycles. The molecule has 0 aromatic heterocycles. The summed E-state index contributed by atoms with van der Waals surface area (Å²) in [6, 6.07) is 12.0. The van der Waals surface area contributed by atoms with Crippen LogP contribution in [0.4, 0.5) is 17.1 Å². The zero-order valence-corrected chi connectivity index (χ0v) is 16.8. The first-order chi connectivity index (χ1) is 13.4. The zero-order valence-electron chi connectivity index (χ0n) is 16.0. The van der Waals surface area contributed by atoms with Crippen molar-refractivity contribution in [3.8, 4) is 5.75 Å². The maximum Gasteiger partial charge on any atom is 0.264 e. The lowest BCUT2D eigenvalue weighted by molar-refractivity contribution is -0.117. The van der Waals surface area contributed by atoms with Gasteiger partial charge in [0.2, 0.25) is 5.91 Å². The van der Waals surface area contributed by atoms with Crippen molar-refractivity contribution in [1.82, 2.24) is 0 Å². The van der Waals surface area contributed by atoms with Crippen LogP contribution in [-0.2, 0) is 14.8 Å². The highest BCUT2D eigenvalue weighted by Gasteiger charge is 2.31. The number of hydrogen-bond donors (Lipinski definition) is 0. The summed E-state index contributed by atoms with van der Waals surface area (Å²) >= 11 is 0. The summed E-state index contributed by atoms with van der Waals surface area (Å²) in [7, 11) is -0.186. The van der Waals surface area contributed by atoms with Crippen LogP contribution in [0.25, 0.3) is 0 Å². The SMILES string of the molecule is COc1ccc2c(c1)N(C)CCN2S(=O)(=O)c1ccc(N2CCCC2=O)cc1. The fourth-order valence-corrected chi connectivity index (χ4v) is 5.19. The van der Waals surface area contributed by atoms with Gasteiger partial charge in [0.15, 0.2) is 0 Å². The summed E-state index contributed by atoms with van der Waals surface area (Å²) < 4.78 is 33.3. The molecule has 1 amide bonds. The standard InChI is InChI=1S/C20H23N3O4S/c1-21-12-13-23(18-10-7-16(27-2)14-19(18)21)28(25,26)17-8-5-15(6-9-17)22-11-3-4-20(22)24/h5-10,14H,3-4,11-13H2,1-2H3. The summed E-state index contributed by atoms with van der Waals surface area (Å²) in [5.74, 6) is 0.766. The highest BCUT2D eigenvalue weighted by atomic mass is 32.2. The van der Waals surface area contributed by atoms with Gasteiger partial charge in [0.05, 0.1) is 29.9 Å². The minimum absolute atomic E-state index is 0.0811. The molecule has 1 fully saturated rings. The van der Waals surface area contributed by atoms with E-state index in [0.29, 0.717) is 37.5 Å². The molecule has 0 N–H and O–H groups in total. The second-order valence-corrected chi connectivity index (χ2v) is 8.86. The van der Waals surface area contributed by atoms with Gasteiger partial charge in [-0.3, -0.25) is 9.10 Å². The smallest absolute Gasteiger partial charge is 0.264 e. The lowest BCUT2D eigenvalue weighted by atomic mass is 10.2. The van der Waals surface area contributed by atoms with Gasteiger partial charge in [-0.15, -0.1) is 0 Å². The van der Waals surface area contributed by atoms with Crippen molar-refractivity contribution in [3.05, 3.63) is 42.5 Å². The molecule has 148 valence electrons. The second kappa shape index (κ2) is 7.01. The number of ether oxygens (including phenoxy) is 1. The van der Waals surface area contributed by atoms with E-state index in [9.17, 15) is 13.2 Å². The molecule has 28 heavy (non-hydrogen) atoms. The first-order valence-electron chi connectivity index (χ1n) is 9.24. The molecule has 8 heteroatoms. The zero-order chi connectivity index (χ0) is 19.9. The van der Waals surface area contributed by atoms with Gasteiger partial charge in [-0.1, -0.05) is 0 Å². The van der Waals surface area contributed by atoms with Crippen molar-refractivity contribution in [2.45, 2.75) is 17.7 Å². The van der Waals surface area contributed by atoms with E-state index in [1.165, 1.54) is 4.31 Å². The molecule has 7 nitrogen and oxygen atoms in total. The quantitative estimate of drug-likeness (QED) is 0.787. The Hall–Kier alpha value is -2.74. The molecule has 0 spiro atoms. The van der Waals surface area contributed by atoms with Crippen LogP contribution in [0.1, 0.15) is 12.8 Å². The van der Waals surface area contributed by atoms with Crippen molar-refractivity contribution in [2.75, 3.05) is 47.9 Å². The largest absolute Gasteiger partial charge is 0.497 e. The molecule has 0 atom stereocenters. The first kappa shape index (κ1) is 18.6. The number of anilines is 3. The molecular weight excluding hydrogens is 378 g/mol. The molecule has 1 saturated heterocycles. The molecule has 2 aliphatic heterocycles. The molecule has 0 saturated carbocycles. The third-order valence-electron chi connectivity index (χ3n) is 5.31. The predicted octanol–water partition coefficient (Wildman–Crippen LogP) is 2.47. The van der Waals surface area contributed by atoms with E-state index in [1.54, 1.807) is 48.4 Å². The van der Waals surface area contributed by atoms with Gasteiger partial charge in [-0.25, -0.2) is 8.42 Å². The maximum atomic E-state index is 13.3. The van der Waals surface area contributed by atoms with Crippen molar-refractivity contribution >= 4 is 33.0 Å². The lowest BCUT2D eigenvalue weighted by Gasteiger charge is -2.36. The van der Waals surface area contributed by atoms with Gasteiger partial charge in [-0.2, -0.15) is 0 Å². The number of hydrogen-bond acceptors (Lipinski definition) is 5. The third-order valence-corrected chi connectivity index (χ3v) is 7.14. The van der Waals surface area contributed by atoms with Crippen LogP contribution < -0.4 is 18.8 Å². The minimum atomic E-state index is -3.71. The molecule has 2 aromatic carbocycles. The molecule has 2 heterocycles. The average Bonchev–Trinajstić information content (AvgIpc) is 3.14. The molecule has 4 rings (SSSR count). The Balaban J connectivity index is 1.67. The van der Waals surface area contributed by atoms with Gasteiger partial charge in [-0.05, 0) is 42.8 Å². The number of methoxy groups -OCH3 is 1. The summed E-state index contributed by atoms with van der Waals surface area (Å²) in [6.07, 6.45) is 1.38. The van der Waals surface area contributed by atoms with Crippen LogP contribution in [0.2, 0.25) is 0 Å². The number of likely N-dealkylation sites (N-methyl/N-ethyl adjacent to an activating group) is 1. The molecule has 2 aliphatic rings. The van der Waals surface area contributed by atoms with Crippen LogP contribution in [0.5, 0.6) is 5.75 Å². The number of amides is 1. The predicted molar refractivity (Wildman–Crippen MR) is 109 cm³/mol. The first-order valence-corrected chi connectivity index (χ1v) is 10.7. The van der Waals surface area contributed by atoms with E-state index in [2.05, 4.69) is 0 Å². The van der Waals surface area contributed by atoms with E-state index in [1.807, 2.05) is 18.0 Å². The van der Waals surface area contributed by atoms with Gasteiger partial charge < -0.3 is 14.5 Å². The van der Waals surface area contributed by atoms with Crippen molar-refractivity contribution < 1.29 is 17.9 Å². The molecule has 2 aromatic rings. The number of nitrogens with zero attached hydrogens (tertiary/aromatic N) is 3. The molecular formula is C20H23N3O4S. The van der Waals surface area contributed by atoms with Crippen LogP contribution in [0, 0.1) is 0 Å². The van der Waals surface area contributed by atoms with Crippen molar-refractivity contribution in [3.63, 3.8) is 0 Å². The van der Waals surface area contributed by atoms with Gasteiger partial charge in [0, 0.05) is 38.3 Å². The van der Waals surface area contributed by atoms with Crippen molar-refractivity contribution in [2.24, 2.45) is 0 Å². The van der Waals surface area contributed by atoms with Crippen LogP contribution in [-0.4, -0.2) is 48.1 Å². The number of fused-ring (bicyclic) bond motifs is 1. The van der Waals surface area contributed by atoms with Gasteiger partial charge >= 0.3 is 0 Å². The third kappa shape index (κ3) is 3.07. The Labute approximate surface area is 165 Å². The highest BCUT2D eigenvalue weighted by Crippen LogP contribution is 2.38. The number of benzene rings is 2. The van der Waals surface area contributed by atoms with Crippen molar-refractivity contribution in [1.29, 1.82) is 0 Å². The number of carbonyl (C=O) groups is 1. The van der Waals surface area contributed by atoms with E-state index < -0.39 is 10.0 Å². The van der Waals surface area contributed by atoms with Crippen LogP contribution in [0.3, 0.4) is 0 Å². The number of carbonyl (C=O) groups excluding carboxylic acids is 1. The van der Waals surface area contributed by atoms with E-state index >= 15 is 0 Å². The Kier molecular flexibility index (Phi) is 4.66. The van der Waals surface area contributed by atoms with E-state index in [0.717, 1.165) is 17.8 Å². The molecule has 0 bridgehead atoms. The Bertz CT molecular complexity index is 1000. The Morgan fingerprint density at radius 2 is 1.71 bits per heavy atom. The second-order valence-electron chi connectivity index (χ2n) is 7.00. The lowest BCUT2D eigenvalue weighted by Crippen LogP contribution is -2.42. The van der Waals surface area contributed by atoms with E-state index in [-0.39, 0.29) is 10.8 Å². The highest BCUT2D eigenvalue weighted by molar-refractivity contribution is 7.92. The monoisotopic (exact) mass is 401 g/mol. The van der Waals surface area contributed by atoms with Gasteiger partial charge in [0.1, 0.15) is 5.75 Å². The topological polar surface area (TPSA) is 70.2 Å².